The van der Waals surface area contributed by atoms with Gasteiger partial charge in [-0.3, -0.25) is 9.78 Å². The molecule has 2 aromatic rings. The van der Waals surface area contributed by atoms with Crippen LogP contribution in [0.2, 0.25) is 0 Å². The molecule has 4 heteroatoms. The molecule has 0 saturated heterocycles. The summed E-state index contributed by atoms with van der Waals surface area (Å²) in [5.74, 6) is 1.75. The first-order valence-electron chi connectivity index (χ1n) is 7.47. The van der Waals surface area contributed by atoms with Crippen LogP contribution >= 0.6 is 11.6 Å². The smallest absolute Gasteiger partial charge is 0.251 e. The van der Waals surface area contributed by atoms with E-state index < -0.39 is 0 Å². The highest BCUT2D eigenvalue weighted by Gasteiger charge is 2.26. The molecule has 3 nitrogen and oxygen atoms in total. The van der Waals surface area contributed by atoms with Crippen LogP contribution in [0.3, 0.4) is 0 Å². The minimum atomic E-state index is -0.0130. The number of alkyl halides is 1. The molecular formula is C17H19ClN2O. The molecule has 1 heterocycles. The Balaban J connectivity index is 1.66. The zero-order valence-corrected chi connectivity index (χ0v) is 12.6. The second kappa shape index (κ2) is 6.44. The minimum Gasteiger partial charge on any atom is -0.352 e. The van der Waals surface area contributed by atoms with Crippen LogP contribution < -0.4 is 5.32 Å². The number of rotatable bonds is 4. The third-order valence-corrected chi connectivity index (χ3v) is 4.80. The predicted octanol–water partition coefficient (Wildman–Crippen LogP) is 3.62. The van der Waals surface area contributed by atoms with E-state index in [2.05, 4.69) is 10.3 Å². The molecule has 3 rings (SSSR count). The summed E-state index contributed by atoms with van der Waals surface area (Å²) in [4.78, 5) is 16.5. The fraction of sp³-hybridized carbons (Fsp3) is 0.412. The number of pyridine rings is 1. The van der Waals surface area contributed by atoms with E-state index in [1.54, 1.807) is 6.20 Å². The summed E-state index contributed by atoms with van der Waals surface area (Å²) >= 11 is 5.98. The Hall–Kier alpha value is -1.61. The van der Waals surface area contributed by atoms with Gasteiger partial charge >= 0.3 is 0 Å². The highest BCUT2D eigenvalue weighted by Crippen LogP contribution is 2.32. The first kappa shape index (κ1) is 14.3. The quantitative estimate of drug-likeness (QED) is 0.877. The number of nitrogens with one attached hydrogen (secondary N) is 1. The second-order valence-electron chi connectivity index (χ2n) is 5.73. The average molecular weight is 303 g/mol. The number of aromatic nitrogens is 1. The van der Waals surface area contributed by atoms with Crippen molar-refractivity contribution in [3.05, 3.63) is 42.1 Å². The van der Waals surface area contributed by atoms with E-state index in [0.717, 1.165) is 17.4 Å². The average Bonchev–Trinajstić information content (AvgIpc) is 2.99. The molecule has 0 spiro atoms. The van der Waals surface area contributed by atoms with Crippen molar-refractivity contribution in [2.24, 2.45) is 11.8 Å². The zero-order chi connectivity index (χ0) is 14.7. The second-order valence-corrected chi connectivity index (χ2v) is 6.03. The van der Waals surface area contributed by atoms with E-state index in [4.69, 9.17) is 11.6 Å². The van der Waals surface area contributed by atoms with E-state index in [0.29, 0.717) is 23.3 Å². The third-order valence-electron chi connectivity index (χ3n) is 4.40. The molecular weight excluding hydrogens is 284 g/mol. The highest BCUT2D eigenvalue weighted by atomic mass is 35.5. The molecule has 0 bridgehead atoms. The summed E-state index contributed by atoms with van der Waals surface area (Å²) in [6.07, 6.45) is 5.33. The van der Waals surface area contributed by atoms with E-state index in [1.165, 1.54) is 19.3 Å². The molecule has 2 unspecified atom stereocenters. The van der Waals surface area contributed by atoms with Crippen LogP contribution in [0, 0.1) is 11.8 Å². The van der Waals surface area contributed by atoms with Crippen molar-refractivity contribution >= 4 is 28.4 Å². The topological polar surface area (TPSA) is 42.0 Å². The van der Waals surface area contributed by atoms with E-state index in [9.17, 15) is 4.79 Å². The fourth-order valence-corrected chi connectivity index (χ4v) is 3.53. The van der Waals surface area contributed by atoms with Gasteiger partial charge in [-0.1, -0.05) is 12.5 Å². The number of hydrogen-bond acceptors (Lipinski definition) is 2. The van der Waals surface area contributed by atoms with Crippen LogP contribution in [-0.2, 0) is 0 Å². The number of amides is 1. The number of carbonyl (C=O) groups excluding carboxylic acids is 1. The van der Waals surface area contributed by atoms with E-state index in [-0.39, 0.29) is 5.91 Å². The maximum atomic E-state index is 12.3. The van der Waals surface area contributed by atoms with Gasteiger partial charge in [-0.2, -0.15) is 0 Å². The lowest BCUT2D eigenvalue weighted by atomic mass is 9.98. The number of benzene rings is 1. The van der Waals surface area contributed by atoms with E-state index in [1.807, 2.05) is 30.3 Å². The number of hydrogen-bond donors (Lipinski definition) is 1. The highest BCUT2D eigenvalue weighted by molar-refractivity contribution is 6.18. The maximum absolute atomic E-state index is 12.3. The molecule has 2 atom stereocenters. The van der Waals surface area contributed by atoms with Gasteiger partial charge in [0.05, 0.1) is 5.52 Å². The zero-order valence-electron chi connectivity index (χ0n) is 11.9. The first-order chi connectivity index (χ1) is 10.3. The Morgan fingerprint density at radius 1 is 1.29 bits per heavy atom. The molecule has 1 aliphatic rings. The van der Waals surface area contributed by atoms with Gasteiger partial charge in [0.25, 0.3) is 5.91 Å². The van der Waals surface area contributed by atoms with Crippen LogP contribution in [-0.4, -0.2) is 23.3 Å². The van der Waals surface area contributed by atoms with Gasteiger partial charge in [-0.15, -0.1) is 11.6 Å². The van der Waals surface area contributed by atoms with Crippen molar-refractivity contribution < 1.29 is 4.79 Å². The van der Waals surface area contributed by atoms with Gasteiger partial charge < -0.3 is 5.32 Å². The molecule has 0 aliphatic heterocycles. The Labute approximate surface area is 129 Å². The minimum absolute atomic E-state index is 0.0130. The van der Waals surface area contributed by atoms with Crippen molar-refractivity contribution in [1.82, 2.24) is 10.3 Å². The molecule has 1 saturated carbocycles. The monoisotopic (exact) mass is 302 g/mol. The fourth-order valence-electron chi connectivity index (χ4n) is 3.13. The molecule has 1 amide bonds. The third kappa shape index (κ3) is 3.18. The van der Waals surface area contributed by atoms with Gasteiger partial charge in [0, 0.05) is 29.6 Å². The van der Waals surface area contributed by atoms with Crippen molar-refractivity contribution in [2.75, 3.05) is 12.4 Å². The number of nitrogens with zero attached hydrogens (tertiary/aromatic N) is 1. The summed E-state index contributed by atoms with van der Waals surface area (Å²) in [5, 5.41) is 4.04. The van der Waals surface area contributed by atoms with Crippen molar-refractivity contribution in [3.8, 4) is 0 Å². The molecule has 1 fully saturated rings. The van der Waals surface area contributed by atoms with Crippen LogP contribution in [0.4, 0.5) is 0 Å². The Bertz CT molecular complexity index is 643. The summed E-state index contributed by atoms with van der Waals surface area (Å²) in [6, 6.07) is 9.47. The molecule has 1 aliphatic carbocycles. The van der Waals surface area contributed by atoms with Gasteiger partial charge in [-0.25, -0.2) is 0 Å². The SMILES string of the molecule is O=C(NCC1CCCC1CCl)c1ccc2ncccc2c1. The molecule has 0 radical (unpaired) electrons. The molecule has 1 aromatic carbocycles. The van der Waals surface area contributed by atoms with Crippen LogP contribution in [0.25, 0.3) is 10.9 Å². The van der Waals surface area contributed by atoms with Crippen LogP contribution in [0.15, 0.2) is 36.5 Å². The molecule has 110 valence electrons. The van der Waals surface area contributed by atoms with Crippen molar-refractivity contribution in [2.45, 2.75) is 19.3 Å². The Morgan fingerprint density at radius 2 is 2.14 bits per heavy atom. The van der Waals surface area contributed by atoms with Crippen molar-refractivity contribution in [3.63, 3.8) is 0 Å². The number of halogens is 1. The largest absolute Gasteiger partial charge is 0.352 e. The first-order valence-corrected chi connectivity index (χ1v) is 8.00. The molecule has 1 aromatic heterocycles. The normalized spacial score (nSPS) is 21.6. The van der Waals surface area contributed by atoms with Gasteiger partial charge in [0.1, 0.15) is 0 Å². The summed E-state index contributed by atoms with van der Waals surface area (Å²) in [5.41, 5.74) is 1.60. The standard InChI is InChI=1S/C17H19ClN2O/c18-10-14-3-1-4-15(14)11-20-17(21)13-6-7-16-12(9-13)5-2-8-19-16/h2,5-9,14-15H,1,3-4,10-11H2,(H,20,21). The molecule has 21 heavy (non-hydrogen) atoms. The Kier molecular flexibility index (Phi) is 4.39. The lowest BCUT2D eigenvalue weighted by Gasteiger charge is -2.17. The van der Waals surface area contributed by atoms with Gasteiger partial charge in [0.15, 0.2) is 0 Å². The lowest BCUT2D eigenvalue weighted by Crippen LogP contribution is -2.31. The number of fused-ring (bicyclic) bond motifs is 1. The van der Waals surface area contributed by atoms with Gasteiger partial charge in [-0.05, 0) is 48.9 Å². The summed E-state index contributed by atoms with van der Waals surface area (Å²) in [6.45, 7) is 0.724. The maximum Gasteiger partial charge on any atom is 0.251 e. The number of carbonyl (C=O) groups is 1. The summed E-state index contributed by atoms with van der Waals surface area (Å²) < 4.78 is 0. The summed E-state index contributed by atoms with van der Waals surface area (Å²) in [7, 11) is 0. The van der Waals surface area contributed by atoms with E-state index >= 15 is 0 Å². The van der Waals surface area contributed by atoms with Crippen LogP contribution in [0.1, 0.15) is 29.6 Å². The lowest BCUT2D eigenvalue weighted by molar-refractivity contribution is 0.0945. The van der Waals surface area contributed by atoms with Crippen molar-refractivity contribution in [1.29, 1.82) is 0 Å². The van der Waals surface area contributed by atoms with Gasteiger partial charge in [0.2, 0.25) is 0 Å². The predicted molar refractivity (Wildman–Crippen MR) is 85.6 cm³/mol. The molecule has 1 N–H and O–H groups in total. The Morgan fingerprint density at radius 3 is 3.00 bits per heavy atom. The van der Waals surface area contributed by atoms with Crippen LogP contribution in [0.5, 0.6) is 0 Å².